The maximum Gasteiger partial charge on any atom is 0.233 e. The Morgan fingerprint density at radius 1 is 1.48 bits per heavy atom. The number of carbonyl (C=O) groups excluding carboxylic acids is 1. The number of carbonyl (C=O) groups is 1. The zero-order valence-corrected chi connectivity index (χ0v) is 13.4. The third-order valence-corrected chi connectivity index (χ3v) is 4.79. The standard InChI is InChI=1S/C16H24N2O2S/c1-12(7-8-13-6-5-11-20-13)18-15(19)16(14(17)21)9-3-2-4-10-16/h5-6,11-12H,2-4,7-10H2,1H3,(H2,17,21)(H,18,19). The van der Waals surface area contributed by atoms with Gasteiger partial charge in [0.05, 0.1) is 16.7 Å². The fourth-order valence-corrected chi connectivity index (χ4v) is 3.29. The van der Waals surface area contributed by atoms with Crippen molar-refractivity contribution in [2.75, 3.05) is 0 Å². The van der Waals surface area contributed by atoms with Crippen LogP contribution in [0, 0.1) is 5.41 Å². The number of furan rings is 1. The highest BCUT2D eigenvalue weighted by Crippen LogP contribution is 2.37. The third kappa shape index (κ3) is 3.84. The van der Waals surface area contributed by atoms with Crippen LogP contribution in [0.3, 0.4) is 0 Å². The first kappa shape index (κ1) is 16.0. The van der Waals surface area contributed by atoms with Crippen molar-refractivity contribution in [2.45, 2.75) is 57.9 Å². The summed E-state index contributed by atoms with van der Waals surface area (Å²) in [4.78, 5) is 13.0. The average Bonchev–Trinajstić information content (AvgIpc) is 2.99. The highest BCUT2D eigenvalue weighted by Gasteiger charge is 2.42. The summed E-state index contributed by atoms with van der Waals surface area (Å²) in [6, 6.07) is 3.91. The van der Waals surface area contributed by atoms with Crippen molar-refractivity contribution < 1.29 is 9.21 Å². The van der Waals surface area contributed by atoms with Gasteiger partial charge < -0.3 is 15.5 Å². The van der Waals surface area contributed by atoms with Gasteiger partial charge in [-0.1, -0.05) is 31.5 Å². The molecule has 3 N–H and O–H groups in total. The molecule has 1 fully saturated rings. The minimum absolute atomic E-state index is 0.00152. The first-order valence-corrected chi connectivity index (χ1v) is 8.09. The van der Waals surface area contributed by atoms with Crippen molar-refractivity contribution in [2.24, 2.45) is 11.1 Å². The van der Waals surface area contributed by atoms with Gasteiger partial charge in [-0.3, -0.25) is 4.79 Å². The lowest BCUT2D eigenvalue weighted by molar-refractivity contribution is -0.129. The van der Waals surface area contributed by atoms with Crippen LogP contribution in [0.1, 0.15) is 51.2 Å². The zero-order chi connectivity index (χ0) is 15.3. The predicted octanol–water partition coefficient (Wildman–Crippen LogP) is 2.95. The maximum atomic E-state index is 12.6. The molecular weight excluding hydrogens is 284 g/mol. The molecule has 1 amide bonds. The summed E-state index contributed by atoms with van der Waals surface area (Å²) in [5.41, 5.74) is 5.25. The van der Waals surface area contributed by atoms with Gasteiger partial charge in [0.15, 0.2) is 0 Å². The average molecular weight is 308 g/mol. The number of aryl methyl sites for hydroxylation is 1. The van der Waals surface area contributed by atoms with Gasteiger partial charge in [-0.25, -0.2) is 0 Å². The first-order valence-electron chi connectivity index (χ1n) is 7.68. The van der Waals surface area contributed by atoms with E-state index in [-0.39, 0.29) is 11.9 Å². The summed E-state index contributed by atoms with van der Waals surface area (Å²) in [5, 5.41) is 3.09. The number of hydrogen-bond donors (Lipinski definition) is 2. The van der Waals surface area contributed by atoms with Crippen molar-refractivity contribution in [1.82, 2.24) is 5.32 Å². The lowest BCUT2D eigenvalue weighted by Gasteiger charge is -2.35. The summed E-state index contributed by atoms with van der Waals surface area (Å²) in [6.07, 6.45) is 8.07. The van der Waals surface area contributed by atoms with Gasteiger partial charge in [0.25, 0.3) is 0 Å². The van der Waals surface area contributed by atoms with Gasteiger partial charge in [0.2, 0.25) is 5.91 Å². The van der Waals surface area contributed by atoms with E-state index < -0.39 is 5.41 Å². The van der Waals surface area contributed by atoms with E-state index in [0.29, 0.717) is 4.99 Å². The summed E-state index contributed by atoms with van der Waals surface area (Å²) in [5.74, 6) is 0.944. The normalized spacial score (nSPS) is 18.9. The number of nitrogens with one attached hydrogen (secondary N) is 1. The second kappa shape index (κ2) is 7.07. The number of amides is 1. The van der Waals surface area contributed by atoms with Crippen LogP contribution >= 0.6 is 12.2 Å². The van der Waals surface area contributed by atoms with Crippen molar-refractivity contribution in [1.29, 1.82) is 0 Å². The lowest BCUT2D eigenvalue weighted by Crippen LogP contribution is -2.52. The summed E-state index contributed by atoms with van der Waals surface area (Å²) >= 11 is 5.19. The van der Waals surface area contributed by atoms with E-state index in [1.165, 1.54) is 0 Å². The highest BCUT2D eigenvalue weighted by atomic mass is 32.1. The van der Waals surface area contributed by atoms with Gasteiger partial charge in [0, 0.05) is 12.5 Å². The second-order valence-corrected chi connectivity index (χ2v) is 6.44. The summed E-state index contributed by atoms with van der Waals surface area (Å²) in [6.45, 7) is 2.01. The fourth-order valence-electron chi connectivity index (χ4n) is 2.99. The van der Waals surface area contributed by atoms with Gasteiger partial charge >= 0.3 is 0 Å². The molecule has 1 aromatic rings. The molecule has 2 rings (SSSR count). The Hall–Kier alpha value is -1.36. The first-order chi connectivity index (χ1) is 10.0. The molecule has 1 aromatic heterocycles. The molecule has 0 aliphatic heterocycles. The van der Waals surface area contributed by atoms with Crippen LogP contribution in [0.15, 0.2) is 22.8 Å². The van der Waals surface area contributed by atoms with Crippen molar-refractivity contribution in [3.8, 4) is 0 Å². The quantitative estimate of drug-likeness (QED) is 0.793. The Morgan fingerprint density at radius 3 is 2.76 bits per heavy atom. The van der Waals surface area contributed by atoms with E-state index in [1.807, 2.05) is 19.1 Å². The van der Waals surface area contributed by atoms with Crippen molar-refractivity contribution >= 4 is 23.1 Å². The molecule has 1 heterocycles. The van der Waals surface area contributed by atoms with E-state index in [4.69, 9.17) is 22.4 Å². The van der Waals surface area contributed by atoms with E-state index in [9.17, 15) is 4.79 Å². The highest BCUT2D eigenvalue weighted by molar-refractivity contribution is 7.80. The smallest absolute Gasteiger partial charge is 0.233 e. The molecule has 0 aromatic carbocycles. The Labute approximate surface area is 131 Å². The summed E-state index contributed by atoms with van der Waals surface area (Å²) in [7, 11) is 0. The molecular formula is C16H24N2O2S. The molecule has 21 heavy (non-hydrogen) atoms. The Kier molecular flexibility index (Phi) is 5.39. The molecule has 4 nitrogen and oxygen atoms in total. The topological polar surface area (TPSA) is 68.3 Å². The molecule has 0 spiro atoms. The molecule has 5 heteroatoms. The van der Waals surface area contributed by atoms with Crippen molar-refractivity contribution in [3.63, 3.8) is 0 Å². The Bertz CT molecular complexity index is 478. The number of thiocarbonyl (C=S) groups is 1. The SMILES string of the molecule is CC(CCc1ccco1)NC(=O)C1(C(N)=S)CCCCC1. The van der Waals surface area contributed by atoms with E-state index >= 15 is 0 Å². The van der Waals surface area contributed by atoms with Crippen LogP contribution < -0.4 is 11.1 Å². The van der Waals surface area contributed by atoms with Crippen LogP contribution in [-0.4, -0.2) is 16.9 Å². The molecule has 1 atom stereocenters. The molecule has 0 saturated heterocycles. The van der Waals surface area contributed by atoms with Crippen LogP contribution in [-0.2, 0) is 11.2 Å². The van der Waals surface area contributed by atoms with Gasteiger partial charge in [-0.05, 0) is 38.3 Å². The molecule has 1 unspecified atom stereocenters. The van der Waals surface area contributed by atoms with Crippen LogP contribution in [0.5, 0.6) is 0 Å². The molecule has 116 valence electrons. The predicted molar refractivity (Wildman–Crippen MR) is 86.9 cm³/mol. The number of nitrogens with two attached hydrogens (primary N) is 1. The number of hydrogen-bond acceptors (Lipinski definition) is 3. The molecule has 0 bridgehead atoms. The Morgan fingerprint density at radius 2 is 2.19 bits per heavy atom. The lowest BCUT2D eigenvalue weighted by atomic mass is 9.73. The molecule has 0 radical (unpaired) electrons. The Balaban J connectivity index is 1.90. The van der Waals surface area contributed by atoms with Gasteiger partial charge in [0.1, 0.15) is 5.76 Å². The van der Waals surface area contributed by atoms with E-state index in [0.717, 1.165) is 50.7 Å². The molecule has 1 saturated carbocycles. The molecule has 1 aliphatic rings. The van der Waals surface area contributed by atoms with Crippen LogP contribution in [0.25, 0.3) is 0 Å². The van der Waals surface area contributed by atoms with Gasteiger partial charge in [-0.15, -0.1) is 0 Å². The van der Waals surface area contributed by atoms with Crippen molar-refractivity contribution in [3.05, 3.63) is 24.2 Å². The monoisotopic (exact) mass is 308 g/mol. The molecule has 1 aliphatic carbocycles. The fraction of sp³-hybridized carbons (Fsp3) is 0.625. The van der Waals surface area contributed by atoms with Crippen LogP contribution in [0.2, 0.25) is 0 Å². The second-order valence-electron chi connectivity index (χ2n) is 6.00. The van der Waals surface area contributed by atoms with Gasteiger partial charge in [-0.2, -0.15) is 0 Å². The zero-order valence-electron chi connectivity index (χ0n) is 12.6. The largest absolute Gasteiger partial charge is 0.469 e. The number of rotatable bonds is 6. The van der Waals surface area contributed by atoms with E-state index in [2.05, 4.69) is 5.32 Å². The minimum atomic E-state index is -0.632. The minimum Gasteiger partial charge on any atom is -0.469 e. The third-order valence-electron chi connectivity index (χ3n) is 4.39. The van der Waals surface area contributed by atoms with E-state index in [1.54, 1.807) is 6.26 Å². The van der Waals surface area contributed by atoms with Crippen LogP contribution in [0.4, 0.5) is 0 Å². The summed E-state index contributed by atoms with van der Waals surface area (Å²) < 4.78 is 5.31. The maximum absolute atomic E-state index is 12.6.